The Bertz CT molecular complexity index is 732. The minimum Gasteiger partial charge on any atom is -0.505 e. The van der Waals surface area contributed by atoms with E-state index in [2.05, 4.69) is 25.9 Å². The molecule has 1 heterocycles. The third-order valence-corrected chi connectivity index (χ3v) is 2.66. The first-order valence-corrected chi connectivity index (χ1v) is 5.92. The number of aromatic nitrogens is 4. The SMILES string of the molecule is CCC(=O)c1cc(C#N)cc(NC(=O)c2nn[nH]n2)c1O. The van der Waals surface area contributed by atoms with Crippen molar-refractivity contribution in [1.29, 1.82) is 5.26 Å². The number of H-pyrrole nitrogens is 1. The Kier molecular flexibility index (Phi) is 3.90. The van der Waals surface area contributed by atoms with Gasteiger partial charge in [-0.25, -0.2) is 0 Å². The van der Waals surface area contributed by atoms with Crippen LogP contribution in [0.5, 0.6) is 5.75 Å². The number of nitrogens with one attached hydrogen (secondary N) is 2. The van der Waals surface area contributed by atoms with E-state index in [9.17, 15) is 14.7 Å². The van der Waals surface area contributed by atoms with Crippen LogP contribution >= 0.6 is 0 Å². The van der Waals surface area contributed by atoms with Gasteiger partial charge < -0.3 is 10.4 Å². The molecule has 2 aromatic rings. The average molecular weight is 286 g/mol. The summed E-state index contributed by atoms with van der Waals surface area (Å²) in [6.07, 6.45) is 0.153. The summed E-state index contributed by atoms with van der Waals surface area (Å²) < 4.78 is 0. The number of phenols is 1. The topological polar surface area (TPSA) is 145 Å². The molecule has 1 aromatic carbocycles. The van der Waals surface area contributed by atoms with Gasteiger partial charge in [-0.1, -0.05) is 6.92 Å². The maximum absolute atomic E-state index is 11.8. The number of carbonyl (C=O) groups is 2. The van der Waals surface area contributed by atoms with Crippen LogP contribution in [0.4, 0.5) is 5.69 Å². The standard InChI is InChI=1S/C12H10N6O3/c1-2-9(19)7-3-6(5-13)4-8(10(7)20)14-12(21)11-15-17-18-16-11/h3-4,20H,2H2,1H3,(H,14,21)(H,15,16,17,18). The first kappa shape index (κ1) is 14.1. The van der Waals surface area contributed by atoms with Gasteiger partial charge in [-0.05, 0) is 17.3 Å². The minimum atomic E-state index is -0.732. The highest BCUT2D eigenvalue weighted by Crippen LogP contribution is 2.30. The van der Waals surface area contributed by atoms with E-state index in [1.54, 1.807) is 6.92 Å². The molecule has 0 bridgehead atoms. The number of amides is 1. The Balaban J connectivity index is 2.41. The van der Waals surface area contributed by atoms with Crippen molar-refractivity contribution >= 4 is 17.4 Å². The van der Waals surface area contributed by atoms with E-state index in [0.717, 1.165) is 0 Å². The summed E-state index contributed by atoms with van der Waals surface area (Å²) in [5, 5.41) is 33.6. The number of nitriles is 1. The number of hydrogen-bond donors (Lipinski definition) is 3. The molecule has 0 atom stereocenters. The molecule has 21 heavy (non-hydrogen) atoms. The number of benzene rings is 1. The number of ketones is 1. The van der Waals surface area contributed by atoms with Gasteiger partial charge in [-0.2, -0.15) is 10.5 Å². The second-order valence-electron chi connectivity index (χ2n) is 4.00. The van der Waals surface area contributed by atoms with Gasteiger partial charge in [0.25, 0.3) is 11.7 Å². The zero-order valence-corrected chi connectivity index (χ0v) is 10.9. The summed E-state index contributed by atoms with van der Waals surface area (Å²) in [6.45, 7) is 1.62. The van der Waals surface area contributed by atoms with Gasteiger partial charge in [0.05, 0.1) is 22.9 Å². The van der Waals surface area contributed by atoms with E-state index in [-0.39, 0.29) is 34.8 Å². The van der Waals surface area contributed by atoms with E-state index in [0.29, 0.717) is 0 Å². The Morgan fingerprint density at radius 1 is 1.48 bits per heavy atom. The molecule has 3 N–H and O–H groups in total. The van der Waals surface area contributed by atoms with Crippen molar-refractivity contribution in [2.45, 2.75) is 13.3 Å². The molecule has 2 rings (SSSR count). The van der Waals surface area contributed by atoms with Gasteiger partial charge in [0.2, 0.25) is 0 Å². The summed E-state index contributed by atoms with van der Waals surface area (Å²) in [6, 6.07) is 4.38. The Morgan fingerprint density at radius 3 is 2.81 bits per heavy atom. The fourth-order valence-corrected chi connectivity index (χ4v) is 1.63. The van der Waals surface area contributed by atoms with Gasteiger partial charge in [0.1, 0.15) is 5.75 Å². The molecule has 0 unspecified atom stereocenters. The number of aromatic hydroxyl groups is 1. The lowest BCUT2D eigenvalue weighted by atomic mass is 10.0. The molecule has 106 valence electrons. The Labute approximate surface area is 118 Å². The number of nitrogens with zero attached hydrogens (tertiary/aromatic N) is 4. The normalized spacial score (nSPS) is 9.90. The van der Waals surface area contributed by atoms with Crippen molar-refractivity contribution in [3.05, 3.63) is 29.1 Å². The van der Waals surface area contributed by atoms with Crippen LogP contribution in [0.3, 0.4) is 0 Å². The predicted molar refractivity (Wildman–Crippen MR) is 69.6 cm³/mol. The van der Waals surface area contributed by atoms with E-state index in [1.165, 1.54) is 12.1 Å². The molecule has 0 saturated heterocycles. The lowest BCUT2D eigenvalue weighted by Gasteiger charge is -2.10. The predicted octanol–water partition coefficient (Wildman–Crippen LogP) is 0.622. The molecule has 9 nitrogen and oxygen atoms in total. The van der Waals surface area contributed by atoms with Crippen molar-refractivity contribution in [2.75, 3.05) is 5.32 Å². The van der Waals surface area contributed by atoms with Crippen molar-refractivity contribution in [3.63, 3.8) is 0 Å². The molecule has 0 aliphatic rings. The van der Waals surface area contributed by atoms with Gasteiger partial charge >= 0.3 is 0 Å². The number of rotatable bonds is 4. The largest absolute Gasteiger partial charge is 0.505 e. The monoisotopic (exact) mass is 286 g/mol. The summed E-state index contributed by atoms with van der Waals surface area (Å²) >= 11 is 0. The summed E-state index contributed by atoms with van der Waals surface area (Å²) in [4.78, 5) is 23.5. The van der Waals surface area contributed by atoms with Crippen LogP contribution in [-0.2, 0) is 0 Å². The van der Waals surface area contributed by atoms with Crippen molar-refractivity contribution in [3.8, 4) is 11.8 Å². The number of Topliss-reactive ketones (excluding diaryl/α,β-unsaturated/α-hetero) is 1. The van der Waals surface area contributed by atoms with Crippen LogP contribution in [0.2, 0.25) is 0 Å². The molecule has 0 spiro atoms. The van der Waals surface area contributed by atoms with Crippen LogP contribution in [0.1, 0.15) is 39.9 Å². The summed E-state index contributed by atoms with van der Waals surface area (Å²) in [5.74, 6) is -1.72. The number of anilines is 1. The fraction of sp³-hybridized carbons (Fsp3) is 0.167. The summed E-state index contributed by atoms with van der Waals surface area (Å²) in [7, 11) is 0. The number of carbonyl (C=O) groups excluding carboxylic acids is 2. The smallest absolute Gasteiger partial charge is 0.297 e. The Hall–Kier alpha value is -3.28. The van der Waals surface area contributed by atoms with E-state index in [1.807, 2.05) is 6.07 Å². The average Bonchev–Trinajstić information content (AvgIpc) is 3.02. The molecular weight excluding hydrogens is 276 g/mol. The first-order valence-electron chi connectivity index (χ1n) is 5.92. The van der Waals surface area contributed by atoms with Crippen LogP contribution in [-0.4, -0.2) is 37.4 Å². The van der Waals surface area contributed by atoms with Gasteiger partial charge in [0, 0.05) is 6.42 Å². The van der Waals surface area contributed by atoms with Crippen molar-refractivity contribution < 1.29 is 14.7 Å². The van der Waals surface area contributed by atoms with Crippen molar-refractivity contribution in [1.82, 2.24) is 20.6 Å². The van der Waals surface area contributed by atoms with Crippen LogP contribution < -0.4 is 5.32 Å². The van der Waals surface area contributed by atoms with Crippen LogP contribution in [0.15, 0.2) is 12.1 Å². The fourth-order valence-electron chi connectivity index (χ4n) is 1.63. The quantitative estimate of drug-likeness (QED) is 0.551. The molecule has 0 saturated carbocycles. The third kappa shape index (κ3) is 2.84. The van der Waals surface area contributed by atoms with Gasteiger partial charge in [-0.3, -0.25) is 9.59 Å². The highest BCUT2D eigenvalue weighted by atomic mass is 16.3. The molecule has 0 radical (unpaired) electrons. The molecule has 1 amide bonds. The Morgan fingerprint density at radius 2 is 2.24 bits per heavy atom. The number of aromatic amines is 1. The van der Waals surface area contributed by atoms with Gasteiger partial charge in [-0.15, -0.1) is 10.2 Å². The molecule has 0 fully saturated rings. The van der Waals surface area contributed by atoms with E-state index in [4.69, 9.17) is 5.26 Å². The minimum absolute atomic E-state index is 0.0278. The summed E-state index contributed by atoms with van der Waals surface area (Å²) in [5.41, 5.74) is 0.0358. The zero-order valence-electron chi connectivity index (χ0n) is 10.9. The van der Waals surface area contributed by atoms with Gasteiger partial charge in [0.15, 0.2) is 5.78 Å². The molecule has 0 aliphatic carbocycles. The number of phenolic OH excluding ortho intramolecular Hbond substituents is 1. The lowest BCUT2D eigenvalue weighted by molar-refractivity contribution is 0.0981. The number of tetrazole rings is 1. The zero-order chi connectivity index (χ0) is 15.4. The number of hydrogen-bond acceptors (Lipinski definition) is 7. The molecular formula is C12H10N6O3. The van der Waals surface area contributed by atoms with E-state index < -0.39 is 11.7 Å². The molecule has 9 heteroatoms. The van der Waals surface area contributed by atoms with Crippen LogP contribution in [0.25, 0.3) is 0 Å². The lowest BCUT2D eigenvalue weighted by Crippen LogP contribution is -2.15. The molecule has 1 aromatic heterocycles. The maximum Gasteiger partial charge on any atom is 0.297 e. The highest BCUT2D eigenvalue weighted by molar-refractivity contribution is 6.05. The van der Waals surface area contributed by atoms with E-state index >= 15 is 0 Å². The third-order valence-electron chi connectivity index (χ3n) is 2.66. The van der Waals surface area contributed by atoms with Crippen molar-refractivity contribution in [2.24, 2.45) is 0 Å². The maximum atomic E-state index is 11.8. The highest BCUT2D eigenvalue weighted by Gasteiger charge is 2.19. The van der Waals surface area contributed by atoms with Crippen LogP contribution in [0, 0.1) is 11.3 Å². The molecule has 0 aliphatic heterocycles. The second kappa shape index (κ2) is 5.79. The second-order valence-corrected chi connectivity index (χ2v) is 4.00. The first-order chi connectivity index (χ1) is 10.1.